The molecule has 5 heterocycles. The molecular weight excluding hydrogens is 600 g/mol. The highest BCUT2D eigenvalue weighted by molar-refractivity contribution is 6.03. The van der Waals surface area contributed by atoms with E-state index in [4.69, 9.17) is 16.1 Å². The molecule has 0 aliphatic carbocycles. The molecule has 3 fully saturated rings. The molecule has 2 aromatic heterocycles. The first-order chi connectivity index (χ1) is 22.1. The molecule has 2 aromatic carbocycles. The van der Waals surface area contributed by atoms with Crippen molar-refractivity contribution in [3.05, 3.63) is 59.3 Å². The first kappa shape index (κ1) is 30.2. The van der Waals surface area contributed by atoms with Gasteiger partial charge in [-0.15, -0.1) is 6.42 Å². The van der Waals surface area contributed by atoms with E-state index in [1.807, 2.05) is 23.9 Å². The smallest absolute Gasteiger partial charge is 0.319 e. The predicted molar refractivity (Wildman–Crippen MR) is 167 cm³/mol. The summed E-state index contributed by atoms with van der Waals surface area (Å²) in [6, 6.07) is 5.53. The summed E-state index contributed by atoms with van der Waals surface area (Å²) in [5.41, 5.74) is -0.725. The van der Waals surface area contributed by atoms with E-state index in [-0.39, 0.29) is 70.7 Å². The standard InChI is InChI=1S/C34H32F4N6O2/c1-4-23-26(35)7-6-19-12-22(45)13-24(27(19)23)29-28(36)30-25(15-39-29)32(43-11-8-21(17-43)42(2)3)41-33(40-30)46-18-34-9-5-10-44(34)16-20(14-34)31(37)38/h1,6-7,12-13,15,21,45H,5,8-11,14,16-18H2,2-3H3. The first-order valence-electron chi connectivity index (χ1n) is 15.2. The van der Waals surface area contributed by atoms with Gasteiger partial charge in [0.15, 0.2) is 5.82 Å². The van der Waals surface area contributed by atoms with Gasteiger partial charge in [0.05, 0.1) is 16.5 Å². The number of rotatable bonds is 6. The molecular formula is C34H32F4N6O2. The quantitative estimate of drug-likeness (QED) is 0.214. The summed E-state index contributed by atoms with van der Waals surface area (Å²) in [5.74, 6) is 1.14. The van der Waals surface area contributed by atoms with Crippen LogP contribution >= 0.6 is 0 Å². The molecule has 2 atom stereocenters. The molecule has 8 nitrogen and oxygen atoms in total. The Kier molecular flexibility index (Phi) is 7.48. The number of aromatic hydroxyl groups is 1. The second-order valence-corrected chi connectivity index (χ2v) is 12.6. The number of benzene rings is 2. The number of halogens is 4. The molecule has 3 aliphatic rings. The number of likely N-dealkylation sites (N-methyl/N-ethyl adjacent to an activating group) is 1. The number of hydrogen-bond acceptors (Lipinski definition) is 8. The van der Waals surface area contributed by atoms with Crippen LogP contribution in [0.25, 0.3) is 32.9 Å². The molecule has 7 rings (SSSR count). The van der Waals surface area contributed by atoms with Crippen LogP contribution in [0.4, 0.5) is 23.4 Å². The monoisotopic (exact) mass is 632 g/mol. The van der Waals surface area contributed by atoms with Crippen molar-refractivity contribution in [2.75, 3.05) is 51.8 Å². The molecule has 0 saturated carbocycles. The van der Waals surface area contributed by atoms with Crippen molar-refractivity contribution in [1.82, 2.24) is 24.8 Å². The van der Waals surface area contributed by atoms with Crippen LogP contribution in [0.5, 0.6) is 11.8 Å². The van der Waals surface area contributed by atoms with Gasteiger partial charge in [-0.3, -0.25) is 9.88 Å². The number of terminal acetylenes is 1. The fraction of sp³-hybridized carbons (Fsp3) is 0.382. The first-order valence-corrected chi connectivity index (χ1v) is 15.2. The van der Waals surface area contributed by atoms with E-state index in [9.17, 15) is 18.3 Å². The Hall–Kier alpha value is -4.47. The summed E-state index contributed by atoms with van der Waals surface area (Å²) in [4.78, 5) is 19.8. The van der Waals surface area contributed by atoms with Gasteiger partial charge in [0, 0.05) is 48.4 Å². The number of anilines is 1. The molecule has 0 spiro atoms. The molecule has 0 bridgehead atoms. The highest BCUT2D eigenvalue weighted by Crippen LogP contribution is 2.44. The lowest BCUT2D eigenvalue weighted by Gasteiger charge is -2.31. The van der Waals surface area contributed by atoms with Crippen molar-refractivity contribution in [1.29, 1.82) is 0 Å². The van der Waals surface area contributed by atoms with Crippen molar-refractivity contribution >= 4 is 27.5 Å². The normalized spacial score (nSPS) is 21.5. The van der Waals surface area contributed by atoms with Gasteiger partial charge < -0.3 is 19.6 Å². The maximum absolute atomic E-state index is 16.7. The van der Waals surface area contributed by atoms with Crippen LogP contribution in [-0.4, -0.2) is 88.3 Å². The lowest BCUT2D eigenvalue weighted by atomic mass is 9.94. The van der Waals surface area contributed by atoms with Gasteiger partial charge in [-0.25, -0.2) is 8.78 Å². The Morgan fingerprint density at radius 3 is 2.76 bits per heavy atom. The van der Waals surface area contributed by atoms with Crippen molar-refractivity contribution in [3.8, 4) is 35.4 Å². The number of phenols is 1. The second kappa shape index (κ2) is 11.4. The van der Waals surface area contributed by atoms with Gasteiger partial charge in [0.1, 0.15) is 35.2 Å². The van der Waals surface area contributed by atoms with Gasteiger partial charge in [0.2, 0.25) is 0 Å². The minimum Gasteiger partial charge on any atom is -0.508 e. The van der Waals surface area contributed by atoms with Crippen LogP contribution < -0.4 is 9.64 Å². The zero-order valence-electron chi connectivity index (χ0n) is 25.5. The Morgan fingerprint density at radius 1 is 1.20 bits per heavy atom. The Bertz CT molecular complexity index is 1960. The lowest BCUT2D eigenvalue weighted by Crippen LogP contribution is -2.43. The largest absolute Gasteiger partial charge is 0.508 e. The minimum absolute atomic E-state index is 0.0661. The lowest BCUT2D eigenvalue weighted by molar-refractivity contribution is 0.108. The van der Waals surface area contributed by atoms with E-state index >= 15 is 4.39 Å². The van der Waals surface area contributed by atoms with Crippen molar-refractivity contribution in [3.63, 3.8) is 0 Å². The van der Waals surface area contributed by atoms with Crippen LogP contribution in [0.1, 0.15) is 31.2 Å². The van der Waals surface area contributed by atoms with Crippen LogP contribution in [0.2, 0.25) is 0 Å². The molecule has 1 N–H and O–H groups in total. The van der Waals surface area contributed by atoms with Gasteiger partial charge in [-0.1, -0.05) is 12.0 Å². The molecule has 0 radical (unpaired) electrons. The zero-order valence-corrected chi connectivity index (χ0v) is 25.5. The average molecular weight is 633 g/mol. The summed E-state index contributed by atoms with van der Waals surface area (Å²) in [7, 11) is 4.00. The van der Waals surface area contributed by atoms with Gasteiger partial charge in [-0.2, -0.15) is 18.7 Å². The molecule has 0 amide bonds. The summed E-state index contributed by atoms with van der Waals surface area (Å²) < 4.78 is 64.8. The molecule has 3 saturated heterocycles. The van der Waals surface area contributed by atoms with Crippen molar-refractivity contribution < 1.29 is 27.4 Å². The number of phenolic OH excluding ortho intramolecular Hbond substituents is 1. The van der Waals surface area contributed by atoms with E-state index in [2.05, 4.69) is 20.8 Å². The average Bonchev–Trinajstić information content (AvgIpc) is 3.75. The SMILES string of the molecule is C#Cc1c(F)ccc2cc(O)cc(-c3ncc4c(N5CCC(N(C)C)C5)nc(OCC56CCCN5CC(=C(F)F)C6)nc4c3F)c12. The number of nitrogens with zero attached hydrogens (tertiary/aromatic N) is 6. The number of ether oxygens (including phenoxy) is 1. The number of fused-ring (bicyclic) bond motifs is 3. The Labute approximate surface area is 263 Å². The van der Waals surface area contributed by atoms with E-state index < -0.39 is 23.3 Å². The predicted octanol–water partition coefficient (Wildman–Crippen LogP) is 5.72. The summed E-state index contributed by atoms with van der Waals surface area (Å²) in [6.45, 7) is 2.23. The van der Waals surface area contributed by atoms with Gasteiger partial charge >= 0.3 is 6.01 Å². The van der Waals surface area contributed by atoms with Crippen LogP contribution in [0, 0.1) is 24.0 Å². The zero-order chi connectivity index (χ0) is 32.3. The molecule has 46 heavy (non-hydrogen) atoms. The summed E-state index contributed by atoms with van der Waals surface area (Å²) in [5, 5.41) is 11.5. The van der Waals surface area contributed by atoms with Gasteiger partial charge in [0.25, 0.3) is 6.08 Å². The van der Waals surface area contributed by atoms with Crippen molar-refractivity contribution in [2.45, 2.75) is 37.3 Å². The molecule has 4 aromatic rings. The minimum atomic E-state index is -1.66. The number of aromatic nitrogens is 3. The fourth-order valence-electron chi connectivity index (χ4n) is 7.29. The maximum atomic E-state index is 16.7. The third-order valence-corrected chi connectivity index (χ3v) is 9.69. The Balaban J connectivity index is 1.36. The molecule has 238 valence electrons. The second-order valence-electron chi connectivity index (χ2n) is 12.6. The summed E-state index contributed by atoms with van der Waals surface area (Å²) in [6.07, 6.45) is 8.06. The van der Waals surface area contributed by atoms with E-state index in [1.54, 1.807) is 0 Å². The third-order valence-electron chi connectivity index (χ3n) is 9.69. The molecule has 2 unspecified atom stereocenters. The van der Waals surface area contributed by atoms with E-state index in [0.717, 1.165) is 12.8 Å². The fourth-order valence-corrected chi connectivity index (χ4v) is 7.29. The van der Waals surface area contributed by atoms with Crippen molar-refractivity contribution in [2.24, 2.45) is 0 Å². The third kappa shape index (κ3) is 4.98. The topological polar surface area (TPSA) is 77.9 Å². The summed E-state index contributed by atoms with van der Waals surface area (Å²) >= 11 is 0. The maximum Gasteiger partial charge on any atom is 0.319 e. The number of hydrogen-bond donors (Lipinski definition) is 1. The highest BCUT2D eigenvalue weighted by Gasteiger charge is 2.48. The molecule has 12 heteroatoms. The van der Waals surface area contributed by atoms with E-state index in [0.29, 0.717) is 42.6 Å². The van der Waals surface area contributed by atoms with Crippen LogP contribution in [-0.2, 0) is 0 Å². The highest BCUT2D eigenvalue weighted by atomic mass is 19.3. The van der Waals surface area contributed by atoms with E-state index in [1.165, 1.54) is 30.5 Å². The van der Waals surface area contributed by atoms with Crippen LogP contribution in [0.3, 0.4) is 0 Å². The van der Waals surface area contributed by atoms with Gasteiger partial charge in [-0.05, 0) is 69.9 Å². The molecule has 3 aliphatic heterocycles. The number of pyridine rings is 1. The Morgan fingerprint density at radius 2 is 2.02 bits per heavy atom. The van der Waals surface area contributed by atoms with Crippen LogP contribution in [0.15, 0.2) is 42.1 Å².